The number of hydrogen-bond donors (Lipinski definition) is 2. The van der Waals surface area contributed by atoms with Gasteiger partial charge in [-0.3, -0.25) is 5.10 Å². The zero-order chi connectivity index (χ0) is 12.6. The Morgan fingerprint density at radius 1 is 1.39 bits per heavy atom. The van der Waals surface area contributed by atoms with Crippen LogP contribution < -0.4 is 4.72 Å². The van der Waals surface area contributed by atoms with Crippen molar-refractivity contribution in [2.45, 2.75) is 42.7 Å². The first-order valence-electron chi connectivity index (χ1n) is 6.40. The van der Waals surface area contributed by atoms with Crippen LogP contribution in [0.4, 0.5) is 0 Å². The lowest BCUT2D eigenvalue weighted by atomic mass is 9.99. The number of hydrogen-bond acceptors (Lipinski definition) is 4. The Balaban J connectivity index is 1.67. The van der Waals surface area contributed by atoms with Crippen LogP contribution in [0.5, 0.6) is 0 Å². The zero-order valence-corrected chi connectivity index (χ0v) is 11.0. The molecule has 0 amide bonds. The molecule has 0 bridgehead atoms. The van der Waals surface area contributed by atoms with Gasteiger partial charge < -0.3 is 4.90 Å². The van der Waals surface area contributed by atoms with Gasteiger partial charge in [0.25, 0.3) is 0 Å². The molecule has 3 rings (SSSR count). The fourth-order valence-corrected chi connectivity index (χ4v) is 4.19. The van der Waals surface area contributed by atoms with E-state index in [0.29, 0.717) is 6.04 Å². The molecule has 0 aromatic carbocycles. The molecule has 6 nitrogen and oxygen atoms in total. The first-order valence-corrected chi connectivity index (χ1v) is 7.88. The summed E-state index contributed by atoms with van der Waals surface area (Å²) in [6.45, 7) is 2.18. The Morgan fingerprint density at radius 2 is 2.28 bits per heavy atom. The van der Waals surface area contributed by atoms with E-state index in [2.05, 4.69) is 19.8 Å². The summed E-state index contributed by atoms with van der Waals surface area (Å²) in [6, 6.07) is 0.625. The molecule has 2 fully saturated rings. The van der Waals surface area contributed by atoms with E-state index in [9.17, 15) is 8.42 Å². The summed E-state index contributed by atoms with van der Waals surface area (Å²) in [5.74, 6) is 0. The summed E-state index contributed by atoms with van der Waals surface area (Å²) in [5, 5.41) is 6.22. The largest absolute Gasteiger partial charge is 0.300 e. The number of piperidine rings is 1. The van der Waals surface area contributed by atoms with Crippen LogP contribution in [0.25, 0.3) is 0 Å². The van der Waals surface area contributed by atoms with E-state index in [-0.39, 0.29) is 10.9 Å². The van der Waals surface area contributed by atoms with Gasteiger partial charge in [-0.15, -0.1) is 0 Å². The zero-order valence-electron chi connectivity index (χ0n) is 10.2. The van der Waals surface area contributed by atoms with Crippen molar-refractivity contribution in [1.82, 2.24) is 19.8 Å². The number of aromatic amines is 1. The van der Waals surface area contributed by atoms with E-state index in [4.69, 9.17) is 0 Å². The topological polar surface area (TPSA) is 78.1 Å². The Hall–Kier alpha value is -0.920. The third kappa shape index (κ3) is 2.30. The van der Waals surface area contributed by atoms with Crippen LogP contribution in [0.2, 0.25) is 0 Å². The molecule has 1 aromatic heterocycles. The predicted octanol–water partition coefficient (Wildman–Crippen LogP) is 0.315. The molecule has 0 saturated carbocycles. The molecule has 100 valence electrons. The van der Waals surface area contributed by atoms with Gasteiger partial charge in [-0.25, -0.2) is 13.1 Å². The van der Waals surface area contributed by atoms with E-state index in [1.807, 2.05) is 0 Å². The molecule has 2 unspecified atom stereocenters. The van der Waals surface area contributed by atoms with Crippen molar-refractivity contribution in [2.75, 3.05) is 13.1 Å². The highest BCUT2D eigenvalue weighted by Crippen LogP contribution is 2.27. The minimum absolute atomic E-state index is 0.0595. The minimum Gasteiger partial charge on any atom is -0.300 e. The van der Waals surface area contributed by atoms with Gasteiger partial charge in [0.15, 0.2) is 0 Å². The summed E-state index contributed by atoms with van der Waals surface area (Å²) in [6.07, 6.45) is 7.01. The molecule has 18 heavy (non-hydrogen) atoms. The molecular formula is C11H18N4O2S. The van der Waals surface area contributed by atoms with Gasteiger partial charge in [-0.1, -0.05) is 0 Å². The number of H-pyrrole nitrogens is 1. The highest BCUT2D eigenvalue weighted by atomic mass is 32.2. The van der Waals surface area contributed by atoms with Crippen molar-refractivity contribution >= 4 is 10.0 Å². The SMILES string of the molecule is O=S(=O)(NC1CCN2CCCC2C1)c1cn[nH]c1. The van der Waals surface area contributed by atoms with Crippen LogP contribution >= 0.6 is 0 Å². The van der Waals surface area contributed by atoms with Crippen molar-refractivity contribution in [3.05, 3.63) is 12.4 Å². The molecule has 1 aromatic rings. The number of nitrogens with zero attached hydrogens (tertiary/aromatic N) is 2. The van der Waals surface area contributed by atoms with Gasteiger partial charge in [0.1, 0.15) is 4.90 Å². The second-order valence-electron chi connectivity index (χ2n) is 5.11. The van der Waals surface area contributed by atoms with Crippen molar-refractivity contribution < 1.29 is 8.42 Å². The van der Waals surface area contributed by atoms with Gasteiger partial charge in [0.2, 0.25) is 10.0 Å². The Bertz CT molecular complexity index is 499. The van der Waals surface area contributed by atoms with Crippen molar-refractivity contribution in [2.24, 2.45) is 0 Å². The molecule has 2 aliphatic rings. The molecular weight excluding hydrogens is 252 g/mol. The van der Waals surface area contributed by atoms with Crippen LogP contribution in [-0.2, 0) is 10.0 Å². The number of nitrogens with one attached hydrogen (secondary N) is 2. The molecule has 2 atom stereocenters. The first-order chi connectivity index (χ1) is 8.65. The predicted molar refractivity (Wildman–Crippen MR) is 66.5 cm³/mol. The van der Waals surface area contributed by atoms with Crippen LogP contribution in [0.3, 0.4) is 0 Å². The van der Waals surface area contributed by atoms with E-state index in [0.717, 1.165) is 19.4 Å². The summed E-state index contributed by atoms with van der Waals surface area (Å²) in [4.78, 5) is 2.69. The van der Waals surface area contributed by atoms with Crippen LogP contribution in [0.15, 0.2) is 17.3 Å². The first kappa shape index (κ1) is 12.1. The van der Waals surface area contributed by atoms with E-state index >= 15 is 0 Å². The van der Waals surface area contributed by atoms with Gasteiger partial charge in [-0.05, 0) is 38.8 Å². The van der Waals surface area contributed by atoms with Gasteiger partial charge in [0, 0.05) is 18.3 Å². The fraction of sp³-hybridized carbons (Fsp3) is 0.727. The molecule has 2 aliphatic heterocycles. The van der Waals surface area contributed by atoms with Gasteiger partial charge in [-0.2, -0.15) is 5.10 Å². The van der Waals surface area contributed by atoms with Gasteiger partial charge in [0.05, 0.1) is 6.20 Å². The number of aromatic nitrogens is 2. The fourth-order valence-electron chi connectivity index (χ4n) is 3.00. The second kappa shape index (κ2) is 4.64. The highest BCUT2D eigenvalue weighted by Gasteiger charge is 2.33. The van der Waals surface area contributed by atoms with Crippen LogP contribution in [0, 0.1) is 0 Å². The van der Waals surface area contributed by atoms with Crippen LogP contribution in [0.1, 0.15) is 25.7 Å². The van der Waals surface area contributed by atoms with Crippen molar-refractivity contribution in [3.63, 3.8) is 0 Å². The van der Waals surface area contributed by atoms with Crippen molar-refractivity contribution in [1.29, 1.82) is 0 Å². The molecule has 2 N–H and O–H groups in total. The minimum atomic E-state index is -3.41. The third-order valence-corrected chi connectivity index (χ3v) is 5.41. The monoisotopic (exact) mass is 270 g/mol. The lowest BCUT2D eigenvalue weighted by Crippen LogP contribution is -2.47. The van der Waals surface area contributed by atoms with E-state index < -0.39 is 10.0 Å². The normalized spacial score (nSPS) is 29.3. The maximum absolute atomic E-state index is 12.1. The lowest BCUT2D eigenvalue weighted by Gasteiger charge is -2.34. The summed E-state index contributed by atoms with van der Waals surface area (Å²) >= 11 is 0. The van der Waals surface area contributed by atoms with Crippen molar-refractivity contribution in [3.8, 4) is 0 Å². The van der Waals surface area contributed by atoms with E-state index in [1.165, 1.54) is 31.8 Å². The number of sulfonamides is 1. The van der Waals surface area contributed by atoms with E-state index in [1.54, 1.807) is 0 Å². The second-order valence-corrected chi connectivity index (χ2v) is 6.82. The molecule has 0 aliphatic carbocycles. The van der Waals surface area contributed by atoms with Crippen LogP contribution in [-0.4, -0.2) is 48.7 Å². The number of fused-ring (bicyclic) bond motifs is 1. The molecule has 0 spiro atoms. The maximum Gasteiger partial charge on any atom is 0.243 e. The molecule has 2 saturated heterocycles. The molecule has 0 radical (unpaired) electrons. The third-order valence-electron chi connectivity index (χ3n) is 3.93. The smallest absolute Gasteiger partial charge is 0.243 e. The Kier molecular flexibility index (Phi) is 3.13. The molecule has 3 heterocycles. The average Bonchev–Trinajstić information content (AvgIpc) is 2.99. The maximum atomic E-state index is 12.1. The Morgan fingerprint density at radius 3 is 3.06 bits per heavy atom. The Labute approximate surface area is 107 Å². The summed E-state index contributed by atoms with van der Waals surface area (Å²) in [7, 11) is -3.41. The molecule has 7 heteroatoms. The summed E-state index contributed by atoms with van der Waals surface area (Å²) in [5.41, 5.74) is 0. The standard InChI is InChI=1S/C11H18N4O2S/c16-18(17,11-7-12-13-8-11)14-9-3-5-15-4-1-2-10(15)6-9/h7-10,14H,1-6H2,(H,12,13). The summed E-state index contributed by atoms with van der Waals surface area (Å²) < 4.78 is 26.9. The van der Waals surface area contributed by atoms with Gasteiger partial charge >= 0.3 is 0 Å². The number of rotatable bonds is 3. The lowest BCUT2D eigenvalue weighted by molar-refractivity contribution is 0.176. The highest BCUT2D eigenvalue weighted by molar-refractivity contribution is 7.89. The average molecular weight is 270 g/mol. The quantitative estimate of drug-likeness (QED) is 0.829.